The van der Waals surface area contributed by atoms with Crippen molar-refractivity contribution in [3.05, 3.63) is 154 Å². The van der Waals surface area contributed by atoms with Crippen LogP contribution in [0, 0.1) is 6.92 Å². The summed E-state index contributed by atoms with van der Waals surface area (Å²) in [6.45, 7) is 8.77. The van der Waals surface area contributed by atoms with E-state index in [1.54, 1.807) is 12.1 Å². The number of carbonyl (C=O) groups is 1. The zero-order valence-electron chi connectivity index (χ0n) is 24.0. The van der Waals surface area contributed by atoms with E-state index in [1.807, 2.05) is 24.3 Å². The van der Waals surface area contributed by atoms with Gasteiger partial charge in [0, 0.05) is 10.9 Å². The monoisotopic (exact) mass is 558 g/mol. The number of halogens is 1. The van der Waals surface area contributed by atoms with E-state index in [4.69, 9.17) is 11.6 Å². The lowest BCUT2D eigenvalue weighted by molar-refractivity contribution is 0.0697. The minimum absolute atomic E-state index is 0.114. The van der Waals surface area contributed by atoms with Crippen LogP contribution < -0.4 is 0 Å². The van der Waals surface area contributed by atoms with Crippen LogP contribution in [0.1, 0.15) is 64.9 Å². The van der Waals surface area contributed by atoms with Gasteiger partial charge in [0.25, 0.3) is 0 Å². The molecule has 1 atom stereocenters. The third kappa shape index (κ3) is 6.61. The maximum Gasteiger partial charge on any atom is 0.335 e. The van der Waals surface area contributed by atoms with E-state index >= 15 is 0 Å². The van der Waals surface area contributed by atoms with Crippen molar-refractivity contribution < 1.29 is 9.90 Å². The second kappa shape index (κ2) is 11.8. The van der Waals surface area contributed by atoms with Crippen LogP contribution in [0.4, 0.5) is 0 Å². The van der Waals surface area contributed by atoms with Gasteiger partial charge >= 0.3 is 5.97 Å². The molecule has 5 aromatic carbocycles. The molecule has 0 radical (unpaired) electrons. The Bertz CT molecular complexity index is 1640. The van der Waals surface area contributed by atoms with Gasteiger partial charge in [-0.05, 0) is 93.1 Å². The molecule has 0 aliphatic rings. The number of benzene rings is 5. The first-order chi connectivity index (χ1) is 19.6. The van der Waals surface area contributed by atoms with Crippen molar-refractivity contribution in [2.24, 2.45) is 0 Å². The Labute approximate surface area is 248 Å². The second-order valence-electron chi connectivity index (χ2n) is 11.8. The molecule has 5 rings (SSSR count). The van der Waals surface area contributed by atoms with E-state index in [-0.39, 0.29) is 11.3 Å². The van der Waals surface area contributed by atoms with E-state index in [2.05, 4.69) is 107 Å². The van der Waals surface area contributed by atoms with Crippen molar-refractivity contribution in [3.63, 3.8) is 0 Å². The Morgan fingerprint density at radius 1 is 0.707 bits per heavy atom. The average Bonchev–Trinajstić information content (AvgIpc) is 2.96. The molecule has 0 saturated heterocycles. The molecule has 1 unspecified atom stereocenters. The molecular formula is C38H35ClO2. The van der Waals surface area contributed by atoms with Crippen LogP contribution in [0.5, 0.6) is 0 Å². The Balaban J connectivity index is 1.47. The highest BCUT2D eigenvalue weighted by Gasteiger charge is 2.17. The van der Waals surface area contributed by atoms with E-state index in [0.717, 1.165) is 28.1 Å². The summed E-state index contributed by atoms with van der Waals surface area (Å²) in [6.07, 6.45) is 0.763. The summed E-state index contributed by atoms with van der Waals surface area (Å²) in [5.41, 5.74) is 11.1. The first kappa shape index (κ1) is 28.4. The molecule has 0 aliphatic heterocycles. The van der Waals surface area contributed by atoms with Gasteiger partial charge in [0.2, 0.25) is 0 Å². The zero-order chi connectivity index (χ0) is 29.1. The molecule has 1 N–H and O–H groups in total. The lowest BCUT2D eigenvalue weighted by atomic mass is 9.84. The average molecular weight is 559 g/mol. The van der Waals surface area contributed by atoms with Crippen molar-refractivity contribution >= 4 is 17.6 Å². The van der Waals surface area contributed by atoms with E-state index in [1.165, 1.54) is 33.4 Å². The first-order valence-electron chi connectivity index (χ1n) is 14.0. The van der Waals surface area contributed by atoms with Crippen LogP contribution in [-0.2, 0) is 11.8 Å². The van der Waals surface area contributed by atoms with Crippen molar-refractivity contribution in [1.29, 1.82) is 0 Å². The topological polar surface area (TPSA) is 37.3 Å². The van der Waals surface area contributed by atoms with Crippen LogP contribution in [0.15, 0.2) is 115 Å². The number of aryl methyl sites for hydroxylation is 1. The van der Waals surface area contributed by atoms with Crippen molar-refractivity contribution in [3.8, 4) is 22.3 Å². The molecule has 0 spiro atoms. The summed E-state index contributed by atoms with van der Waals surface area (Å²) in [7, 11) is 0. The lowest BCUT2D eigenvalue weighted by Gasteiger charge is -2.20. The molecule has 2 nitrogen and oxygen atoms in total. The molecule has 206 valence electrons. The summed E-state index contributed by atoms with van der Waals surface area (Å²) < 4.78 is 0. The maximum atomic E-state index is 11.4. The van der Waals surface area contributed by atoms with Gasteiger partial charge in [0.05, 0.1) is 5.56 Å². The molecule has 5 aromatic rings. The summed E-state index contributed by atoms with van der Waals surface area (Å²) in [5.74, 6) is -0.796. The highest BCUT2D eigenvalue weighted by molar-refractivity contribution is 6.30. The fraction of sp³-hybridized carbons (Fsp3) is 0.184. The smallest absolute Gasteiger partial charge is 0.335 e. The third-order valence-corrected chi connectivity index (χ3v) is 8.09. The third-order valence-electron chi connectivity index (χ3n) is 7.85. The van der Waals surface area contributed by atoms with Gasteiger partial charge in [-0.25, -0.2) is 4.79 Å². The van der Waals surface area contributed by atoms with Gasteiger partial charge in [-0.2, -0.15) is 0 Å². The molecule has 0 aromatic heterocycles. The molecule has 0 amide bonds. The Hall–Kier alpha value is -4.14. The molecular weight excluding hydrogens is 524 g/mol. The first-order valence-corrected chi connectivity index (χ1v) is 14.4. The van der Waals surface area contributed by atoms with Gasteiger partial charge < -0.3 is 5.11 Å². The van der Waals surface area contributed by atoms with E-state index < -0.39 is 5.97 Å². The molecule has 0 fully saturated rings. The minimum atomic E-state index is -0.910. The van der Waals surface area contributed by atoms with Crippen LogP contribution in [0.3, 0.4) is 0 Å². The number of aromatic carboxylic acids is 1. The second-order valence-corrected chi connectivity index (χ2v) is 12.2. The summed E-state index contributed by atoms with van der Waals surface area (Å²) in [6, 6.07) is 39.7. The van der Waals surface area contributed by atoms with Gasteiger partial charge in [0.15, 0.2) is 0 Å². The Morgan fingerprint density at radius 3 is 1.71 bits per heavy atom. The van der Waals surface area contributed by atoms with Gasteiger partial charge in [-0.15, -0.1) is 0 Å². The Morgan fingerprint density at radius 2 is 1.22 bits per heavy atom. The number of carboxylic acid groups (broad SMARTS) is 1. The molecule has 41 heavy (non-hydrogen) atoms. The number of carboxylic acids is 1. The quantitative estimate of drug-likeness (QED) is 0.216. The molecule has 3 heteroatoms. The van der Waals surface area contributed by atoms with Gasteiger partial charge in [0.1, 0.15) is 0 Å². The van der Waals surface area contributed by atoms with Crippen LogP contribution >= 0.6 is 11.6 Å². The number of rotatable bonds is 7. The summed E-state index contributed by atoms with van der Waals surface area (Å²) >= 11 is 6.19. The van der Waals surface area contributed by atoms with Crippen LogP contribution in [0.2, 0.25) is 5.02 Å². The number of hydrogen-bond donors (Lipinski definition) is 1. The number of hydrogen-bond acceptors (Lipinski definition) is 1. The van der Waals surface area contributed by atoms with Crippen LogP contribution in [-0.4, -0.2) is 11.1 Å². The van der Waals surface area contributed by atoms with Crippen molar-refractivity contribution in [2.45, 2.75) is 45.4 Å². The van der Waals surface area contributed by atoms with E-state index in [9.17, 15) is 9.90 Å². The predicted octanol–water partition coefficient (Wildman–Crippen LogP) is 10.4. The van der Waals surface area contributed by atoms with E-state index in [0.29, 0.717) is 5.56 Å². The minimum Gasteiger partial charge on any atom is -0.478 e. The fourth-order valence-corrected chi connectivity index (χ4v) is 5.59. The summed E-state index contributed by atoms with van der Waals surface area (Å²) in [4.78, 5) is 11.4. The normalized spacial score (nSPS) is 12.2. The maximum absolute atomic E-state index is 11.4. The zero-order valence-corrected chi connectivity index (χ0v) is 24.7. The predicted molar refractivity (Wildman–Crippen MR) is 171 cm³/mol. The Kier molecular flexibility index (Phi) is 8.15. The van der Waals surface area contributed by atoms with Crippen LogP contribution in [0.25, 0.3) is 22.3 Å². The molecule has 0 saturated carbocycles. The lowest BCUT2D eigenvalue weighted by Crippen LogP contribution is -2.10. The molecule has 0 heterocycles. The SMILES string of the molecule is Cc1cc(Cl)ccc1-c1ccc(C(Cc2ccc(C(=O)O)cc2)c2ccc(-c3ccc(C(C)(C)C)cc3)cc2)cc1. The van der Waals surface area contributed by atoms with Gasteiger partial charge in [-0.1, -0.05) is 123 Å². The fourth-order valence-electron chi connectivity index (χ4n) is 5.36. The molecule has 0 bridgehead atoms. The standard InChI is InChI=1S/C38H35ClO2/c1-25-23-34(39)21-22-35(25)29-13-15-31(16-14-29)36(24-26-5-7-32(8-6-26)37(40)41)30-11-9-27(10-12-30)28-17-19-33(20-18-28)38(2,3)4/h5-23,36H,24H2,1-4H3,(H,40,41). The summed E-state index contributed by atoms with van der Waals surface area (Å²) in [5, 5.41) is 10.1. The van der Waals surface area contributed by atoms with Crippen molar-refractivity contribution in [2.75, 3.05) is 0 Å². The van der Waals surface area contributed by atoms with Gasteiger partial charge in [-0.3, -0.25) is 0 Å². The largest absolute Gasteiger partial charge is 0.478 e. The van der Waals surface area contributed by atoms with Crippen molar-refractivity contribution in [1.82, 2.24) is 0 Å². The highest BCUT2D eigenvalue weighted by Crippen LogP contribution is 2.34. The highest BCUT2D eigenvalue weighted by atomic mass is 35.5. The molecule has 0 aliphatic carbocycles.